The lowest BCUT2D eigenvalue weighted by molar-refractivity contribution is -0.119. The van der Waals surface area contributed by atoms with Gasteiger partial charge in [0.1, 0.15) is 0 Å². The molecule has 100 valence electrons. The molecule has 1 N–H and O–H groups in total. The van der Waals surface area contributed by atoms with Crippen molar-refractivity contribution >= 4 is 5.91 Å². The summed E-state index contributed by atoms with van der Waals surface area (Å²) in [5.41, 5.74) is 1.36. The van der Waals surface area contributed by atoms with Crippen LogP contribution in [0.15, 0.2) is 18.3 Å². The first-order chi connectivity index (χ1) is 8.65. The van der Waals surface area contributed by atoms with Crippen LogP contribution in [0, 0.1) is 5.92 Å². The smallest absolute Gasteiger partial charge is 0.216 e. The lowest BCUT2D eigenvalue weighted by Gasteiger charge is -2.32. The standard InChI is InChI=1S/C14H23N3O/c1-12(18)15-9-13-5-3-8-17(10-13)11-14-6-4-7-16(14)2/h4,6-7,13H,3,5,8-11H2,1-2H3,(H,15,18)/t13-/m0/s1. The SMILES string of the molecule is CC(=O)NC[C@@H]1CCCN(Cc2cccn2C)C1. The van der Waals surface area contributed by atoms with Gasteiger partial charge in [0.25, 0.3) is 0 Å². The zero-order valence-electron chi connectivity index (χ0n) is 11.4. The molecule has 2 rings (SSSR count). The molecule has 18 heavy (non-hydrogen) atoms. The van der Waals surface area contributed by atoms with E-state index >= 15 is 0 Å². The predicted octanol–water partition coefficient (Wildman–Crippen LogP) is 1.37. The monoisotopic (exact) mass is 249 g/mol. The minimum absolute atomic E-state index is 0.0783. The summed E-state index contributed by atoms with van der Waals surface area (Å²) in [6.45, 7) is 5.68. The van der Waals surface area contributed by atoms with E-state index in [9.17, 15) is 4.79 Å². The van der Waals surface area contributed by atoms with Gasteiger partial charge in [-0.25, -0.2) is 0 Å². The molecule has 0 unspecified atom stereocenters. The van der Waals surface area contributed by atoms with Gasteiger partial charge in [-0.3, -0.25) is 9.69 Å². The molecule has 2 heterocycles. The van der Waals surface area contributed by atoms with Crippen LogP contribution in [0.1, 0.15) is 25.5 Å². The molecule has 1 fully saturated rings. The van der Waals surface area contributed by atoms with Gasteiger partial charge in [0.15, 0.2) is 0 Å². The van der Waals surface area contributed by atoms with Crippen molar-refractivity contribution in [2.75, 3.05) is 19.6 Å². The Labute approximate surface area is 109 Å². The highest BCUT2D eigenvalue weighted by molar-refractivity contribution is 5.72. The normalized spacial score (nSPS) is 20.9. The highest BCUT2D eigenvalue weighted by atomic mass is 16.1. The van der Waals surface area contributed by atoms with Gasteiger partial charge < -0.3 is 9.88 Å². The third-order valence-electron chi connectivity index (χ3n) is 3.68. The van der Waals surface area contributed by atoms with E-state index in [4.69, 9.17) is 0 Å². The third-order valence-corrected chi connectivity index (χ3v) is 3.68. The number of aryl methyl sites for hydroxylation is 1. The number of nitrogens with one attached hydrogen (secondary N) is 1. The molecule has 1 aliphatic heterocycles. The maximum atomic E-state index is 10.9. The van der Waals surface area contributed by atoms with Crippen molar-refractivity contribution in [3.63, 3.8) is 0 Å². The quantitative estimate of drug-likeness (QED) is 0.875. The molecule has 1 aromatic rings. The highest BCUT2D eigenvalue weighted by Gasteiger charge is 2.20. The van der Waals surface area contributed by atoms with E-state index in [0.29, 0.717) is 5.92 Å². The molecule has 0 spiro atoms. The zero-order chi connectivity index (χ0) is 13.0. The number of carbonyl (C=O) groups excluding carboxylic acids is 1. The Morgan fingerprint density at radius 1 is 1.56 bits per heavy atom. The van der Waals surface area contributed by atoms with Crippen molar-refractivity contribution < 1.29 is 4.79 Å². The van der Waals surface area contributed by atoms with Crippen LogP contribution < -0.4 is 5.32 Å². The molecule has 1 atom stereocenters. The maximum Gasteiger partial charge on any atom is 0.216 e. The van der Waals surface area contributed by atoms with Crippen LogP contribution in [0.5, 0.6) is 0 Å². The lowest BCUT2D eigenvalue weighted by Crippen LogP contribution is -2.40. The summed E-state index contributed by atoms with van der Waals surface area (Å²) in [6, 6.07) is 4.27. The number of carbonyl (C=O) groups is 1. The average Bonchev–Trinajstić information content (AvgIpc) is 2.73. The second-order valence-electron chi connectivity index (χ2n) is 5.29. The molecule has 4 heteroatoms. The number of piperidine rings is 1. The average molecular weight is 249 g/mol. The van der Waals surface area contributed by atoms with Crippen LogP contribution in [-0.2, 0) is 18.4 Å². The van der Waals surface area contributed by atoms with E-state index in [0.717, 1.165) is 19.6 Å². The van der Waals surface area contributed by atoms with Gasteiger partial charge in [-0.1, -0.05) is 0 Å². The fourth-order valence-corrected chi connectivity index (χ4v) is 2.64. The fourth-order valence-electron chi connectivity index (χ4n) is 2.64. The van der Waals surface area contributed by atoms with Gasteiger partial charge in [-0.05, 0) is 37.4 Å². The van der Waals surface area contributed by atoms with E-state index in [1.165, 1.54) is 25.1 Å². The molecule has 1 aliphatic rings. The second-order valence-corrected chi connectivity index (χ2v) is 5.29. The number of likely N-dealkylation sites (tertiary alicyclic amines) is 1. The van der Waals surface area contributed by atoms with E-state index in [1.54, 1.807) is 6.92 Å². The van der Waals surface area contributed by atoms with E-state index in [1.807, 2.05) is 0 Å². The number of rotatable bonds is 4. The summed E-state index contributed by atoms with van der Waals surface area (Å²) < 4.78 is 2.18. The largest absolute Gasteiger partial charge is 0.356 e. The Morgan fingerprint density at radius 3 is 3.06 bits per heavy atom. The van der Waals surface area contributed by atoms with E-state index in [2.05, 4.69) is 40.2 Å². The third kappa shape index (κ3) is 3.60. The van der Waals surface area contributed by atoms with Crippen molar-refractivity contribution in [1.29, 1.82) is 0 Å². The van der Waals surface area contributed by atoms with Crippen LogP contribution in [0.2, 0.25) is 0 Å². The molecule has 0 aromatic carbocycles. The first-order valence-electron chi connectivity index (χ1n) is 6.72. The highest BCUT2D eigenvalue weighted by Crippen LogP contribution is 2.18. The van der Waals surface area contributed by atoms with Crippen molar-refractivity contribution in [3.8, 4) is 0 Å². The Bertz CT molecular complexity index is 399. The van der Waals surface area contributed by atoms with Gasteiger partial charge in [-0.2, -0.15) is 0 Å². The Morgan fingerprint density at radius 2 is 2.39 bits per heavy atom. The van der Waals surface area contributed by atoms with Gasteiger partial charge in [0.2, 0.25) is 5.91 Å². The molecule has 0 aliphatic carbocycles. The predicted molar refractivity (Wildman–Crippen MR) is 72.1 cm³/mol. The topological polar surface area (TPSA) is 37.3 Å². The molecule has 0 saturated carbocycles. The number of hydrogen-bond acceptors (Lipinski definition) is 2. The van der Waals surface area contributed by atoms with Crippen molar-refractivity contribution in [3.05, 3.63) is 24.0 Å². The van der Waals surface area contributed by atoms with Crippen molar-refractivity contribution in [2.24, 2.45) is 13.0 Å². The lowest BCUT2D eigenvalue weighted by atomic mass is 9.98. The van der Waals surface area contributed by atoms with Gasteiger partial charge >= 0.3 is 0 Å². The molecular formula is C14H23N3O. The summed E-state index contributed by atoms with van der Waals surface area (Å²) in [6.07, 6.45) is 4.55. The van der Waals surface area contributed by atoms with Gasteiger partial charge in [-0.15, -0.1) is 0 Å². The minimum Gasteiger partial charge on any atom is -0.356 e. The van der Waals surface area contributed by atoms with Crippen molar-refractivity contribution in [2.45, 2.75) is 26.3 Å². The number of nitrogens with zero attached hydrogens (tertiary/aromatic N) is 2. The zero-order valence-corrected chi connectivity index (χ0v) is 11.4. The summed E-state index contributed by atoms with van der Waals surface area (Å²) >= 11 is 0. The van der Waals surface area contributed by atoms with E-state index in [-0.39, 0.29) is 5.91 Å². The van der Waals surface area contributed by atoms with Crippen molar-refractivity contribution in [1.82, 2.24) is 14.8 Å². The van der Waals surface area contributed by atoms with Crippen LogP contribution >= 0.6 is 0 Å². The van der Waals surface area contributed by atoms with Gasteiger partial charge in [0, 0.05) is 45.5 Å². The number of aromatic nitrogens is 1. The Kier molecular flexibility index (Phi) is 4.42. The summed E-state index contributed by atoms with van der Waals surface area (Å²) in [5.74, 6) is 0.678. The minimum atomic E-state index is 0.0783. The van der Waals surface area contributed by atoms with E-state index < -0.39 is 0 Å². The summed E-state index contributed by atoms with van der Waals surface area (Å²) in [5, 5.41) is 2.94. The molecule has 1 amide bonds. The summed E-state index contributed by atoms with van der Waals surface area (Å²) in [4.78, 5) is 13.4. The van der Waals surface area contributed by atoms with Crippen LogP contribution in [0.4, 0.5) is 0 Å². The second kappa shape index (κ2) is 6.05. The first kappa shape index (κ1) is 13.1. The molecule has 1 saturated heterocycles. The number of amides is 1. The Hall–Kier alpha value is -1.29. The summed E-state index contributed by atoms with van der Waals surface area (Å²) in [7, 11) is 2.09. The Balaban J connectivity index is 1.83. The molecular weight excluding hydrogens is 226 g/mol. The first-order valence-corrected chi connectivity index (χ1v) is 6.72. The molecule has 1 aromatic heterocycles. The molecule has 0 bridgehead atoms. The number of hydrogen-bond donors (Lipinski definition) is 1. The maximum absolute atomic E-state index is 10.9. The van der Waals surface area contributed by atoms with Crippen LogP contribution in [0.25, 0.3) is 0 Å². The molecule has 0 radical (unpaired) electrons. The van der Waals surface area contributed by atoms with Crippen LogP contribution in [-0.4, -0.2) is 35.0 Å². The molecule has 4 nitrogen and oxygen atoms in total. The van der Waals surface area contributed by atoms with Gasteiger partial charge in [0.05, 0.1) is 0 Å². The van der Waals surface area contributed by atoms with Crippen LogP contribution in [0.3, 0.4) is 0 Å². The fraction of sp³-hybridized carbons (Fsp3) is 0.643.